The summed E-state index contributed by atoms with van der Waals surface area (Å²) in [5.41, 5.74) is 2.39. The van der Waals surface area contributed by atoms with Crippen molar-refractivity contribution in [3.63, 3.8) is 0 Å². The second-order valence-electron chi connectivity index (χ2n) is 7.88. The van der Waals surface area contributed by atoms with Crippen LogP contribution in [0.5, 0.6) is 5.75 Å². The molecule has 3 aromatic rings. The lowest BCUT2D eigenvalue weighted by molar-refractivity contribution is -0.153. The summed E-state index contributed by atoms with van der Waals surface area (Å²) in [6, 6.07) is 14.6. The summed E-state index contributed by atoms with van der Waals surface area (Å²) in [5, 5.41) is 0. The van der Waals surface area contributed by atoms with Gasteiger partial charge in [-0.15, -0.1) is 0 Å². The number of imidazole rings is 1. The van der Waals surface area contributed by atoms with E-state index < -0.39 is 17.9 Å². The first-order chi connectivity index (χ1) is 15.6. The van der Waals surface area contributed by atoms with Gasteiger partial charge in [0.1, 0.15) is 5.75 Å². The van der Waals surface area contributed by atoms with Crippen molar-refractivity contribution in [1.82, 2.24) is 9.55 Å². The summed E-state index contributed by atoms with van der Waals surface area (Å²) in [6.45, 7) is 4.58. The molecule has 0 unspecified atom stereocenters. The molecule has 0 N–H and O–H groups in total. The molecule has 4 rings (SSSR count). The number of carbonyl (C=O) groups excluding carboxylic acids is 2. The van der Waals surface area contributed by atoms with E-state index in [1.165, 1.54) is 0 Å². The normalized spacial score (nSPS) is 18.0. The molecule has 2 heterocycles. The van der Waals surface area contributed by atoms with E-state index in [0.717, 1.165) is 35.9 Å². The van der Waals surface area contributed by atoms with Crippen molar-refractivity contribution in [1.29, 1.82) is 0 Å². The van der Waals surface area contributed by atoms with E-state index in [0.29, 0.717) is 18.2 Å². The number of anilines is 1. The maximum absolute atomic E-state index is 13.8. The van der Waals surface area contributed by atoms with Gasteiger partial charge in [-0.2, -0.15) is 0 Å². The fourth-order valence-corrected chi connectivity index (χ4v) is 4.47. The van der Waals surface area contributed by atoms with Gasteiger partial charge in [0.2, 0.25) is 11.9 Å². The highest BCUT2D eigenvalue weighted by Gasteiger charge is 2.48. The molecular weight excluding hydrogens is 406 g/mol. The maximum Gasteiger partial charge on any atom is 0.321 e. The van der Waals surface area contributed by atoms with Crippen LogP contribution >= 0.6 is 0 Å². The topological polar surface area (TPSA) is 73.7 Å². The molecule has 0 saturated heterocycles. The number of rotatable bonds is 8. The Hall–Kier alpha value is -3.35. The number of aromatic nitrogens is 2. The van der Waals surface area contributed by atoms with Gasteiger partial charge in [-0.25, -0.2) is 4.98 Å². The molecule has 1 aliphatic rings. The van der Waals surface area contributed by atoms with Gasteiger partial charge < -0.3 is 14.0 Å². The van der Waals surface area contributed by atoms with Crippen molar-refractivity contribution in [2.45, 2.75) is 39.2 Å². The van der Waals surface area contributed by atoms with Crippen molar-refractivity contribution in [3.8, 4) is 5.75 Å². The Balaban J connectivity index is 1.97. The highest BCUT2D eigenvalue weighted by atomic mass is 16.5. The van der Waals surface area contributed by atoms with Crippen molar-refractivity contribution >= 4 is 28.9 Å². The molecule has 0 radical (unpaired) electrons. The molecule has 1 aliphatic heterocycles. The molecule has 1 aromatic heterocycles. The number of fused-ring (bicyclic) bond motifs is 3. The number of hydrogen-bond acceptors (Lipinski definition) is 5. The molecule has 0 fully saturated rings. The Labute approximate surface area is 187 Å². The van der Waals surface area contributed by atoms with Gasteiger partial charge in [0.15, 0.2) is 5.92 Å². The Bertz CT molecular complexity index is 1120. The summed E-state index contributed by atoms with van der Waals surface area (Å²) in [5.74, 6) is -0.667. The number of methoxy groups -OCH3 is 1. The first kappa shape index (κ1) is 21.9. The van der Waals surface area contributed by atoms with Crippen LogP contribution in [0.2, 0.25) is 0 Å². The van der Waals surface area contributed by atoms with E-state index >= 15 is 0 Å². The summed E-state index contributed by atoms with van der Waals surface area (Å²) < 4.78 is 13.0. The third-order valence-electron chi connectivity index (χ3n) is 5.93. The lowest BCUT2D eigenvalue weighted by atomic mass is 9.88. The zero-order valence-corrected chi connectivity index (χ0v) is 18.8. The zero-order valence-electron chi connectivity index (χ0n) is 18.8. The lowest BCUT2D eigenvalue weighted by Crippen LogP contribution is -2.50. The smallest absolute Gasteiger partial charge is 0.321 e. The van der Waals surface area contributed by atoms with Gasteiger partial charge in [0.05, 0.1) is 30.8 Å². The number of benzene rings is 2. The van der Waals surface area contributed by atoms with E-state index in [-0.39, 0.29) is 12.5 Å². The zero-order chi connectivity index (χ0) is 22.7. The van der Waals surface area contributed by atoms with Crippen LogP contribution in [0, 0.1) is 5.92 Å². The quantitative estimate of drug-likeness (QED) is 0.299. The first-order valence-electron chi connectivity index (χ1n) is 11.2. The fraction of sp³-hybridized carbons (Fsp3) is 0.400. The number of ether oxygens (including phenoxy) is 2. The largest absolute Gasteiger partial charge is 0.496 e. The van der Waals surface area contributed by atoms with Crippen molar-refractivity contribution < 1.29 is 19.1 Å². The van der Waals surface area contributed by atoms with Gasteiger partial charge in [0, 0.05) is 12.1 Å². The van der Waals surface area contributed by atoms with Crippen molar-refractivity contribution in [2.75, 3.05) is 25.2 Å². The van der Waals surface area contributed by atoms with E-state index in [1.807, 2.05) is 53.1 Å². The molecule has 168 valence electrons. The highest BCUT2D eigenvalue weighted by Crippen LogP contribution is 2.43. The standard InChI is InChI=1S/C25H29N3O4/c1-4-6-11-16-27-23(29)21(24(30)32-5-2)22(17-12-7-10-15-20(17)31-3)28-19-14-9-8-13-18(19)26-25(27)28/h7-10,12-15,21-22H,4-6,11,16H2,1-3H3/t21-,22+/m1/s1. The molecule has 0 saturated carbocycles. The lowest BCUT2D eigenvalue weighted by Gasteiger charge is -2.38. The summed E-state index contributed by atoms with van der Waals surface area (Å²) in [6.07, 6.45) is 2.86. The van der Waals surface area contributed by atoms with E-state index in [4.69, 9.17) is 14.5 Å². The Morgan fingerprint density at radius 2 is 1.81 bits per heavy atom. The molecule has 7 nitrogen and oxygen atoms in total. The first-order valence-corrected chi connectivity index (χ1v) is 11.2. The number of nitrogens with zero attached hydrogens (tertiary/aromatic N) is 3. The molecule has 0 spiro atoms. The molecule has 2 aromatic carbocycles. The average molecular weight is 436 g/mol. The summed E-state index contributed by atoms with van der Waals surface area (Å²) >= 11 is 0. The molecule has 0 aliphatic carbocycles. The van der Waals surface area contributed by atoms with Gasteiger partial charge in [-0.05, 0) is 31.5 Å². The number of amides is 1. The molecular formula is C25H29N3O4. The number of esters is 1. The minimum absolute atomic E-state index is 0.203. The van der Waals surface area contributed by atoms with Crippen LogP contribution < -0.4 is 9.64 Å². The van der Waals surface area contributed by atoms with Crippen LogP contribution in [0.3, 0.4) is 0 Å². The molecule has 7 heteroatoms. The number of para-hydroxylation sites is 3. The summed E-state index contributed by atoms with van der Waals surface area (Å²) in [4.78, 5) is 33.4. The van der Waals surface area contributed by atoms with Crippen LogP contribution in [0.1, 0.15) is 44.7 Å². The predicted octanol–water partition coefficient (Wildman–Crippen LogP) is 4.35. The van der Waals surface area contributed by atoms with E-state index in [2.05, 4.69) is 6.92 Å². The van der Waals surface area contributed by atoms with Gasteiger partial charge in [0.25, 0.3) is 0 Å². The Kier molecular flexibility index (Phi) is 6.44. The summed E-state index contributed by atoms with van der Waals surface area (Å²) in [7, 11) is 1.59. The van der Waals surface area contributed by atoms with Crippen LogP contribution in [-0.4, -0.2) is 41.7 Å². The van der Waals surface area contributed by atoms with Crippen molar-refractivity contribution in [2.24, 2.45) is 5.92 Å². The molecule has 0 bridgehead atoms. The third kappa shape index (κ3) is 3.72. The fourth-order valence-electron chi connectivity index (χ4n) is 4.47. The third-order valence-corrected chi connectivity index (χ3v) is 5.93. The maximum atomic E-state index is 13.8. The molecule has 32 heavy (non-hydrogen) atoms. The van der Waals surface area contributed by atoms with Crippen LogP contribution in [0.25, 0.3) is 11.0 Å². The number of carbonyl (C=O) groups is 2. The van der Waals surface area contributed by atoms with E-state index in [9.17, 15) is 9.59 Å². The van der Waals surface area contributed by atoms with Gasteiger partial charge in [-0.3, -0.25) is 14.5 Å². The van der Waals surface area contributed by atoms with Crippen LogP contribution in [-0.2, 0) is 14.3 Å². The predicted molar refractivity (Wildman–Crippen MR) is 123 cm³/mol. The number of unbranched alkanes of at least 4 members (excludes halogenated alkanes) is 2. The minimum Gasteiger partial charge on any atom is -0.496 e. The minimum atomic E-state index is -1.03. The van der Waals surface area contributed by atoms with Crippen molar-refractivity contribution in [3.05, 3.63) is 54.1 Å². The Morgan fingerprint density at radius 1 is 1.06 bits per heavy atom. The molecule has 1 amide bonds. The second-order valence-corrected chi connectivity index (χ2v) is 7.88. The highest BCUT2D eigenvalue weighted by molar-refractivity contribution is 6.08. The van der Waals surface area contributed by atoms with Gasteiger partial charge >= 0.3 is 5.97 Å². The molecule has 2 atom stereocenters. The van der Waals surface area contributed by atoms with Crippen LogP contribution in [0.15, 0.2) is 48.5 Å². The van der Waals surface area contributed by atoms with Gasteiger partial charge in [-0.1, -0.05) is 50.1 Å². The second kappa shape index (κ2) is 9.42. The number of hydrogen-bond donors (Lipinski definition) is 0. The Morgan fingerprint density at radius 3 is 2.56 bits per heavy atom. The van der Waals surface area contributed by atoms with Crippen LogP contribution in [0.4, 0.5) is 5.95 Å². The average Bonchev–Trinajstić information content (AvgIpc) is 3.19. The van der Waals surface area contributed by atoms with E-state index in [1.54, 1.807) is 18.9 Å². The SMILES string of the molecule is CCCCCN1C(=O)[C@H](C(=O)OCC)[C@H](c2ccccc2OC)n2c1nc1ccccc12. The monoisotopic (exact) mass is 435 g/mol.